The van der Waals surface area contributed by atoms with Crippen LogP contribution in [0.15, 0.2) is 24.3 Å². The molecule has 1 fully saturated rings. The van der Waals surface area contributed by atoms with Crippen molar-refractivity contribution in [2.75, 3.05) is 37.6 Å². The first kappa shape index (κ1) is 20.8. The summed E-state index contributed by atoms with van der Waals surface area (Å²) in [5.41, 5.74) is 2.15. The van der Waals surface area contributed by atoms with Gasteiger partial charge in [0, 0.05) is 38.8 Å². The van der Waals surface area contributed by atoms with Gasteiger partial charge in [0.25, 0.3) is 0 Å². The average molecular weight is 386 g/mol. The summed E-state index contributed by atoms with van der Waals surface area (Å²) in [6, 6.07) is 8.21. The Balaban J connectivity index is 1.79. The summed E-state index contributed by atoms with van der Waals surface area (Å²) in [7, 11) is 0. The lowest BCUT2D eigenvalue weighted by molar-refractivity contribution is -0.131. The predicted molar refractivity (Wildman–Crippen MR) is 113 cm³/mol. The minimum Gasteiger partial charge on any atom is -0.342 e. The van der Waals surface area contributed by atoms with Gasteiger partial charge in [0.1, 0.15) is 0 Å². The fourth-order valence-corrected chi connectivity index (χ4v) is 4.38. The zero-order chi connectivity index (χ0) is 19.8. The second-order valence-electron chi connectivity index (χ2n) is 8.22. The van der Waals surface area contributed by atoms with E-state index in [0.29, 0.717) is 6.54 Å². The van der Waals surface area contributed by atoms with E-state index in [1.165, 1.54) is 25.7 Å². The maximum absolute atomic E-state index is 12.7. The topological polar surface area (TPSA) is 43.9 Å². The molecule has 28 heavy (non-hydrogen) atoms. The standard InChI is InChI=1S/C23H35N3O2/c1-20(27)26-17-9-5-3-2-4-8-14-24(18-21-12-6-7-13-22(21)26)19-23(28)25-15-10-11-16-25/h6-7,12-13H,2-5,8-11,14-19H2,1H3. The molecule has 1 aromatic carbocycles. The van der Waals surface area contributed by atoms with Crippen molar-refractivity contribution in [3.05, 3.63) is 29.8 Å². The van der Waals surface area contributed by atoms with Crippen LogP contribution in [0.4, 0.5) is 5.69 Å². The molecule has 154 valence electrons. The van der Waals surface area contributed by atoms with Gasteiger partial charge in [-0.05, 0) is 43.9 Å². The fourth-order valence-electron chi connectivity index (χ4n) is 4.38. The third-order valence-corrected chi connectivity index (χ3v) is 5.98. The molecule has 2 heterocycles. The maximum atomic E-state index is 12.7. The van der Waals surface area contributed by atoms with E-state index in [9.17, 15) is 9.59 Å². The summed E-state index contributed by atoms with van der Waals surface area (Å²) < 4.78 is 0. The Bertz CT molecular complexity index is 655. The first-order chi connectivity index (χ1) is 13.6. The highest BCUT2D eigenvalue weighted by Gasteiger charge is 2.22. The molecule has 0 radical (unpaired) electrons. The van der Waals surface area contributed by atoms with Crippen LogP contribution in [0.1, 0.15) is 63.9 Å². The Morgan fingerprint density at radius 1 is 0.821 bits per heavy atom. The van der Waals surface area contributed by atoms with E-state index in [1.807, 2.05) is 21.9 Å². The number of benzene rings is 1. The van der Waals surface area contributed by atoms with Crippen LogP contribution in [0, 0.1) is 0 Å². The molecule has 2 aliphatic rings. The van der Waals surface area contributed by atoms with Crippen molar-refractivity contribution >= 4 is 17.5 Å². The Morgan fingerprint density at radius 2 is 1.43 bits per heavy atom. The van der Waals surface area contributed by atoms with Crippen LogP contribution in [0.5, 0.6) is 0 Å². The summed E-state index contributed by atoms with van der Waals surface area (Å²) in [4.78, 5) is 31.3. The second-order valence-corrected chi connectivity index (χ2v) is 8.22. The number of carbonyl (C=O) groups is 2. The number of carbonyl (C=O) groups excluding carboxylic acids is 2. The van der Waals surface area contributed by atoms with E-state index >= 15 is 0 Å². The molecule has 0 saturated carbocycles. The van der Waals surface area contributed by atoms with E-state index < -0.39 is 0 Å². The van der Waals surface area contributed by atoms with Crippen molar-refractivity contribution in [3.8, 4) is 0 Å². The monoisotopic (exact) mass is 385 g/mol. The summed E-state index contributed by atoms with van der Waals surface area (Å²) in [6.45, 7) is 6.38. The second kappa shape index (κ2) is 10.6. The molecule has 5 nitrogen and oxygen atoms in total. The quantitative estimate of drug-likeness (QED) is 0.777. The first-order valence-corrected chi connectivity index (χ1v) is 11.0. The molecule has 1 aromatic rings. The van der Waals surface area contributed by atoms with Crippen LogP contribution in [0.2, 0.25) is 0 Å². The molecule has 0 N–H and O–H groups in total. The number of hydrogen-bond acceptors (Lipinski definition) is 3. The van der Waals surface area contributed by atoms with Gasteiger partial charge in [0.05, 0.1) is 6.54 Å². The van der Waals surface area contributed by atoms with Gasteiger partial charge in [-0.3, -0.25) is 14.5 Å². The molecule has 0 bridgehead atoms. The highest BCUT2D eigenvalue weighted by Crippen LogP contribution is 2.24. The SMILES string of the molecule is CC(=O)N1CCCCCCCCN(CC(=O)N2CCCC2)Cc2ccccc21. The first-order valence-electron chi connectivity index (χ1n) is 11.0. The number of para-hydroxylation sites is 1. The molecule has 5 heteroatoms. The van der Waals surface area contributed by atoms with Crippen LogP contribution in [-0.4, -0.2) is 54.3 Å². The summed E-state index contributed by atoms with van der Waals surface area (Å²) in [5, 5.41) is 0. The van der Waals surface area contributed by atoms with Gasteiger partial charge in [-0.25, -0.2) is 0 Å². The van der Waals surface area contributed by atoms with E-state index in [-0.39, 0.29) is 11.8 Å². The number of fused-ring (bicyclic) bond motifs is 1. The van der Waals surface area contributed by atoms with E-state index in [0.717, 1.165) is 69.7 Å². The number of rotatable bonds is 2. The summed E-state index contributed by atoms with van der Waals surface area (Å²) in [5.74, 6) is 0.352. The molecular formula is C23H35N3O2. The Kier molecular flexibility index (Phi) is 7.90. The fraction of sp³-hybridized carbons (Fsp3) is 0.652. The van der Waals surface area contributed by atoms with E-state index in [4.69, 9.17) is 0 Å². The third kappa shape index (κ3) is 5.81. The zero-order valence-electron chi connectivity index (χ0n) is 17.4. The van der Waals surface area contributed by atoms with E-state index in [2.05, 4.69) is 17.0 Å². The minimum absolute atomic E-state index is 0.0991. The van der Waals surface area contributed by atoms with Crippen molar-refractivity contribution in [2.45, 2.75) is 64.8 Å². The Hall–Kier alpha value is -1.88. The molecule has 3 rings (SSSR count). The molecule has 0 aromatic heterocycles. The van der Waals surface area contributed by atoms with Crippen molar-refractivity contribution < 1.29 is 9.59 Å². The molecule has 0 atom stereocenters. The van der Waals surface area contributed by atoms with Gasteiger partial charge in [0.15, 0.2) is 0 Å². The predicted octanol–water partition coefficient (Wildman–Crippen LogP) is 3.82. The molecule has 0 unspecified atom stereocenters. The molecule has 1 saturated heterocycles. The van der Waals surface area contributed by atoms with Gasteiger partial charge in [-0.2, -0.15) is 0 Å². The van der Waals surface area contributed by atoms with E-state index in [1.54, 1.807) is 6.92 Å². The van der Waals surface area contributed by atoms with Crippen molar-refractivity contribution in [1.29, 1.82) is 0 Å². The molecule has 2 amide bonds. The largest absolute Gasteiger partial charge is 0.342 e. The van der Waals surface area contributed by atoms with Gasteiger partial charge >= 0.3 is 0 Å². The van der Waals surface area contributed by atoms with Gasteiger partial charge in [-0.1, -0.05) is 43.9 Å². The Morgan fingerprint density at radius 3 is 2.14 bits per heavy atom. The third-order valence-electron chi connectivity index (χ3n) is 5.98. The lowest BCUT2D eigenvalue weighted by Gasteiger charge is -2.28. The van der Waals surface area contributed by atoms with Gasteiger partial charge < -0.3 is 9.80 Å². The smallest absolute Gasteiger partial charge is 0.236 e. The lowest BCUT2D eigenvalue weighted by Crippen LogP contribution is -2.39. The van der Waals surface area contributed by atoms with Crippen molar-refractivity contribution in [1.82, 2.24) is 9.80 Å². The van der Waals surface area contributed by atoms with Gasteiger partial charge in [0.2, 0.25) is 11.8 Å². The van der Waals surface area contributed by atoms with Crippen LogP contribution >= 0.6 is 0 Å². The summed E-state index contributed by atoms with van der Waals surface area (Å²) in [6.07, 6.45) is 9.28. The maximum Gasteiger partial charge on any atom is 0.236 e. The number of anilines is 1. The van der Waals surface area contributed by atoms with Crippen LogP contribution < -0.4 is 4.90 Å². The normalized spacial score (nSPS) is 20.0. The minimum atomic E-state index is 0.0991. The van der Waals surface area contributed by atoms with Crippen LogP contribution in [-0.2, 0) is 16.1 Å². The number of amides is 2. The van der Waals surface area contributed by atoms with Crippen molar-refractivity contribution in [2.24, 2.45) is 0 Å². The molecule has 2 aliphatic heterocycles. The van der Waals surface area contributed by atoms with Crippen molar-refractivity contribution in [3.63, 3.8) is 0 Å². The molecule has 0 aliphatic carbocycles. The van der Waals surface area contributed by atoms with Gasteiger partial charge in [-0.15, -0.1) is 0 Å². The van der Waals surface area contributed by atoms with Crippen LogP contribution in [0.25, 0.3) is 0 Å². The summed E-state index contributed by atoms with van der Waals surface area (Å²) >= 11 is 0. The highest BCUT2D eigenvalue weighted by molar-refractivity contribution is 5.92. The zero-order valence-corrected chi connectivity index (χ0v) is 17.4. The average Bonchev–Trinajstić information content (AvgIpc) is 3.22. The number of likely N-dealkylation sites (tertiary alicyclic amines) is 1. The molecule has 0 spiro atoms. The number of hydrogen-bond donors (Lipinski definition) is 0. The lowest BCUT2D eigenvalue weighted by atomic mass is 10.1. The highest BCUT2D eigenvalue weighted by atomic mass is 16.2. The Labute approximate surface area is 169 Å². The van der Waals surface area contributed by atoms with Crippen LogP contribution in [0.3, 0.4) is 0 Å². The number of nitrogens with zero attached hydrogens (tertiary/aromatic N) is 3. The molecular weight excluding hydrogens is 350 g/mol.